The van der Waals surface area contributed by atoms with Crippen molar-refractivity contribution in [3.63, 3.8) is 0 Å². The molecule has 1 heterocycles. The fourth-order valence-electron chi connectivity index (χ4n) is 3.25. The number of imidazole rings is 1. The predicted octanol–water partition coefficient (Wildman–Crippen LogP) is 1.85. The molecule has 1 aromatic heterocycles. The van der Waals surface area contributed by atoms with Crippen molar-refractivity contribution in [2.24, 2.45) is 11.3 Å². The lowest BCUT2D eigenvalue weighted by Gasteiger charge is -2.08. The van der Waals surface area contributed by atoms with Crippen LogP contribution in [-0.2, 0) is 11.3 Å². The minimum absolute atomic E-state index is 0.0121. The highest BCUT2D eigenvalue weighted by molar-refractivity contribution is 5.80. The molecule has 3 rings (SSSR count). The number of hydrogen-bond donors (Lipinski definition) is 2. The van der Waals surface area contributed by atoms with E-state index in [2.05, 4.69) is 4.98 Å². The van der Waals surface area contributed by atoms with Crippen LogP contribution < -0.4 is 0 Å². The Labute approximate surface area is 116 Å². The summed E-state index contributed by atoms with van der Waals surface area (Å²) in [5, 5.41) is 18.6. The first-order valence-electron chi connectivity index (χ1n) is 6.77. The van der Waals surface area contributed by atoms with Crippen LogP contribution in [0.4, 0.5) is 0 Å². The van der Waals surface area contributed by atoms with Crippen molar-refractivity contribution in [2.45, 2.75) is 26.3 Å². The first-order valence-corrected chi connectivity index (χ1v) is 6.77. The molecule has 2 unspecified atom stereocenters. The highest BCUT2D eigenvalue weighted by Gasteiger charge is 2.64. The lowest BCUT2D eigenvalue weighted by Crippen LogP contribution is -2.08. The standard InChI is InChI=1S/C15H18N2O3/c1-15(2)11(12(15)14(19)20)13-16-9-5-3-4-6-10(9)17(13)7-8-18/h3-6,11-12,18H,7-8H2,1-2H3,(H,19,20). The summed E-state index contributed by atoms with van der Waals surface area (Å²) in [6.07, 6.45) is 0. The van der Waals surface area contributed by atoms with Crippen LogP contribution in [0.25, 0.3) is 11.0 Å². The maximum atomic E-state index is 11.4. The molecule has 5 nitrogen and oxygen atoms in total. The maximum Gasteiger partial charge on any atom is 0.307 e. The van der Waals surface area contributed by atoms with Crippen LogP contribution in [0.5, 0.6) is 0 Å². The summed E-state index contributed by atoms with van der Waals surface area (Å²) >= 11 is 0. The summed E-state index contributed by atoms with van der Waals surface area (Å²) in [5.41, 5.74) is 1.51. The second kappa shape index (κ2) is 4.31. The molecule has 1 saturated carbocycles. The molecule has 0 bridgehead atoms. The van der Waals surface area contributed by atoms with E-state index in [0.29, 0.717) is 6.54 Å². The van der Waals surface area contributed by atoms with E-state index in [0.717, 1.165) is 16.9 Å². The van der Waals surface area contributed by atoms with Gasteiger partial charge in [-0.1, -0.05) is 26.0 Å². The van der Waals surface area contributed by atoms with E-state index < -0.39 is 11.9 Å². The number of aliphatic hydroxyl groups excluding tert-OH is 1. The van der Waals surface area contributed by atoms with Crippen molar-refractivity contribution >= 4 is 17.0 Å². The molecule has 2 atom stereocenters. The zero-order chi connectivity index (χ0) is 14.5. The van der Waals surface area contributed by atoms with Gasteiger partial charge in [-0.25, -0.2) is 4.98 Å². The third-order valence-electron chi connectivity index (χ3n) is 4.38. The molecule has 1 aromatic carbocycles. The molecule has 20 heavy (non-hydrogen) atoms. The quantitative estimate of drug-likeness (QED) is 0.892. The molecule has 1 fully saturated rings. The molecule has 5 heteroatoms. The summed E-state index contributed by atoms with van der Waals surface area (Å²) in [5.74, 6) is -0.504. The molecular weight excluding hydrogens is 256 g/mol. The Hall–Kier alpha value is -1.88. The van der Waals surface area contributed by atoms with E-state index in [1.807, 2.05) is 42.7 Å². The van der Waals surface area contributed by atoms with Gasteiger partial charge in [-0.15, -0.1) is 0 Å². The third-order valence-corrected chi connectivity index (χ3v) is 4.38. The Morgan fingerprint density at radius 2 is 2.10 bits per heavy atom. The number of para-hydroxylation sites is 2. The summed E-state index contributed by atoms with van der Waals surface area (Å²) in [7, 11) is 0. The number of aromatic nitrogens is 2. The monoisotopic (exact) mass is 274 g/mol. The summed E-state index contributed by atoms with van der Waals surface area (Å²) < 4.78 is 1.95. The van der Waals surface area contributed by atoms with Gasteiger partial charge in [-0.3, -0.25) is 4.79 Å². The van der Waals surface area contributed by atoms with Crippen LogP contribution in [0.3, 0.4) is 0 Å². The lowest BCUT2D eigenvalue weighted by molar-refractivity contribution is -0.139. The number of rotatable bonds is 4. The number of fused-ring (bicyclic) bond motifs is 1. The topological polar surface area (TPSA) is 75.3 Å². The number of carboxylic acid groups (broad SMARTS) is 1. The van der Waals surface area contributed by atoms with E-state index in [1.165, 1.54) is 0 Å². The zero-order valence-corrected chi connectivity index (χ0v) is 11.6. The number of hydrogen-bond acceptors (Lipinski definition) is 3. The van der Waals surface area contributed by atoms with Gasteiger partial charge in [-0.05, 0) is 17.5 Å². The van der Waals surface area contributed by atoms with Gasteiger partial charge in [0.2, 0.25) is 0 Å². The van der Waals surface area contributed by atoms with Crippen molar-refractivity contribution in [1.29, 1.82) is 0 Å². The molecule has 1 aliphatic rings. The Kier molecular flexibility index (Phi) is 2.83. The molecule has 0 amide bonds. The highest BCUT2D eigenvalue weighted by Crippen LogP contribution is 2.64. The first-order chi connectivity index (χ1) is 9.48. The largest absolute Gasteiger partial charge is 0.481 e. The Balaban J connectivity index is 2.12. The van der Waals surface area contributed by atoms with Crippen molar-refractivity contribution < 1.29 is 15.0 Å². The zero-order valence-electron chi connectivity index (χ0n) is 11.6. The van der Waals surface area contributed by atoms with Crippen molar-refractivity contribution in [1.82, 2.24) is 9.55 Å². The van der Waals surface area contributed by atoms with Crippen molar-refractivity contribution in [3.05, 3.63) is 30.1 Å². The van der Waals surface area contributed by atoms with Gasteiger partial charge in [0.05, 0.1) is 23.6 Å². The number of aliphatic carboxylic acids is 1. The number of carbonyl (C=O) groups is 1. The highest BCUT2D eigenvalue weighted by atomic mass is 16.4. The van der Waals surface area contributed by atoms with Gasteiger partial charge in [0.1, 0.15) is 5.82 Å². The maximum absolute atomic E-state index is 11.4. The second-order valence-corrected chi connectivity index (χ2v) is 5.95. The third kappa shape index (κ3) is 1.73. The number of aliphatic hydroxyl groups is 1. The fraction of sp³-hybridized carbons (Fsp3) is 0.467. The van der Waals surface area contributed by atoms with E-state index in [4.69, 9.17) is 0 Å². The minimum atomic E-state index is -0.775. The molecule has 0 aliphatic heterocycles. The minimum Gasteiger partial charge on any atom is -0.481 e. The molecule has 0 spiro atoms. The average molecular weight is 274 g/mol. The van der Waals surface area contributed by atoms with Gasteiger partial charge in [0, 0.05) is 12.5 Å². The molecule has 106 valence electrons. The van der Waals surface area contributed by atoms with E-state index in [-0.39, 0.29) is 17.9 Å². The van der Waals surface area contributed by atoms with Crippen LogP contribution in [0, 0.1) is 11.3 Å². The normalized spacial score (nSPS) is 23.9. The summed E-state index contributed by atoms with van der Waals surface area (Å²) in [6.45, 7) is 4.37. The van der Waals surface area contributed by atoms with Crippen LogP contribution in [0.15, 0.2) is 24.3 Å². The molecule has 2 N–H and O–H groups in total. The van der Waals surface area contributed by atoms with Gasteiger partial charge < -0.3 is 14.8 Å². The van der Waals surface area contributed by atoms with Crippen LogP contribution in [0.2, 0.25) is 0 Å². The molecular formula is C15H18N2O3. The molecule has 0 radical (unpaired) electrons. The smallest absolute Gasteiger partial charge is 0.307 e. The number of carboxylic acids is 1. The van der Waals surface area contributed by atoms with Crippen LogP contribution in [0.1, 0.15) is 25.6 Å². The molecule has 1 aliphatic carbocycles. The second-order valence-electron chi connectivity index (χ2n) is 5.95. The van der Waals surface area contributed by atoms with E-state index >= 15 is 0 Å². The van der Waals surface area contributed by atoms with Crippen molar-refractivity contribution in [2.75, 3.05) is 6.61 Å². The lowest BCUT2D eigenvalue weighted by atomic mass is 10.1. The first kappa shape index (κ1) is 13.1. The summed E-state index contributed by atoms with van der Waals surface area (Å²) in [4.78, 5) is 16.0. The predicted molar refractivity (Wildman–Crippen MR) is 74.5 cm³/mol. The molecule has 0 saturated heterocycles. The fourth-order valence-corrected chi connectivity index (χ4v) is 3.25. The van der Waals surface area contributed by atoms with Crippen LogP contribution in [-0.4, -0.2) is 32.3 Å². The number of benzene rings is 1. The van der Waals surface area contributed by atoms with Gasteiger partial charge in [-0.2, -0.15) is 0 Å². The van der Waals surface area contributed by atoms with Gasteiger partial charge >= 0.3 is 5.97 Å². The summed E-state index contributed by atoms with van der Waals surface area (Å²) in [6, 6.07) is 7.70. The van der Waals surface area contributed by atoms with Gasteiger partial charge in [0.15, 0.2) is 0 Å². The SMILES string of the molecule is CC1(C)C(C(=O)O)C1c1nc2ccccc2n1CCO. The Morgan fingerprint density at radius 1 is 1.40 bits per heavy atom. The van der Waals surface area contributed by atoms with Gasteiger partial charge in [0.25, 0.3) is 0 Å². The van der Waals surface area contributed by atoms with Crippen LogP contribution >= 0.6 is 0 Å². The Bertz CT molecular complexity index is 675. The molecule has 2 aromatic rings. The van der Waals surface area contributed by atoms with Crippen molar-refractivity contribution in [3.8, 4) is 0 Å². The Morgan fingerprint density at radius 3 is 2.70 bits per heavy atom. The van der Waals surface area contributed by atoms with E-state index in [1.54, 1.807) is 0 Å². The average Bonchev–Trinajstić information content (AvgIpc) is 2.80. The van der Waals surface area contributed by atoms with E-state index in [9.17, 15) is 15.0 Å². The number of nitrogens with zero attached hydrogens (tertiary/aromatic N) is 2.